The van der Waals surface area contributed by atoms with Crippen LogP contribution in [-0.2, 0) is 6.54 Å². The van der Waals surface area contributed by atoms with Gasteiger partial charge in [0.2, 0.25) is 0 Å². The van der Waals surface area contributed by atoms with Crippen LogP contribution in [0.15, 0.2) is 12.1 Å². The van der Waals surface area contributed by atoms with Gasteiger partial charge in [0.1, 0.15) is 0 Å². The summed E-state index contributed by atoms with van der Waals surface area (Å²) in [5.41, 5.74) is 5.41. The second-order valence-corrected chi connectivity index (χ2v) is 7.90. The molecule has 1 saturated carbocycles. The van der Waals surface area contributed by atoms with Crippen molar-refractivity contribution in [1.29, 1.82) is 0 Å². The zero-order valence-corrected chi connectivity index (χ0v) is 15.5. The van der Waals surface area contributed by atoms with Crippen molar-refractivity contribution in [3.8, 4) is 0 Å². The van der Waals surface area contributed by atoms with Crippen molar-refractivity contribution in [3.05, 3.63) is 40.5 Å². The highest BCUT2D eigenvalue weighted by atomic mass is 16.2. The lowest BCUT2D eigenvalue weighted by Crippen LogP contribution is -2.39. The third kappa shape index (κ3) is 3.24. The highest BCUT2D eigenvalue weighted by molar-refractivity contribution is 5.95. The number of H-pyrrole nitrogens is 1. The molecule has 2 aromatic heterocycles. The third-order valence-corrected chi connectivity index (χ3v) is 5.79. The molecule has 2 aromatic rings. The normalized spacial score (nSPS) is 20.9. The smallest absolute Gasteiger partial charge is 0.255 e. The van der Waals surface area contributed by atoms with Gasteiger partial charge in [0.15, 0.2) is 0 Å². The summed E-state index contributed by atoms with van der Waals surface area (Å²) < 4.78 is 2.34. The van der Waals surface area contributed by atoms with Gasteiger partial charge in [0, 0.05) is 42.6 Å². The van der Waals surface area contributed by atoms with Crippen LogP contribution in [0.5, 0.6) is 0 Å². The van der Waals surface area contributed by atoms with E-state index in [1.54, 1.807) is 0 Å². The molecule has 2 fully saturated rings. The Kier molecular flexibility index (Phi) is 4.18. The summed E-state index contributed by atoms with van der Waals surface area (Å²) in [7, 11) is 0. The number of amides is 1. The maximum atomic E-state index is 13.2. The van der Waals surface area contributed by atoms with Gasteiger partial charge in [-0.2, -0.15) is 5.10 Å². The average molecular weight is 340 g/mol. The van der Waals surface area contributed by atoms with Gasteiger partial charge < -0.3 is 9.47 Å². The van der Waals surface area contributed by atoms with Gasteiger partial charge >= 0.3 is 0 Å². The molecule has 0 unspecified atom stereocenters. The fourth-order valence-electron chi connectivity index (χ4n) is 4.08. The number of likely N-dealkylation sites (tertiary alicyclic amines) is 1. The fraction of sp³-hybridized carbons (Fsp3) is 0.600. The lowest BCUT2D eigenvalue weighted by molar-refractivity contribution is 0.0705. The Morgan fingerprint density at radius 3 is 2.72 bits per heavy atom. The van der Waals surface area contributed by atoms with Gasteiger partial charge in [-0.3, -0.25) is 9.89 Å². The van der Waals surface area contributed by atoms with Crippen LogP contribution in [0.2, 0.25) is 0 Å². The minimum absolute atomic E-state index is 0.187. The molecular weight excluding hydrogens is 312 g/mol. The first kappa shape index (κ1) is 16.4. The molecule has 0 spiro atoms. The van der Waals surface area contributed by atoms with E-state index in [0.29, 0.717) is 5.92 Å². The third-order valence-electron chi connectivity index (χ3n) is 5.79. The summed E-state index contributed by atoms with van der Waals surface area (Å²) in [5.74, 6) is 1.35. The number of aromatic nitrogens is 3. The monoisotopic (exact) mass is 340 g/mol. The number of aromatic amines is 1. The van der Waals surface area contributed by atoms with Crippen molar-refractivity contribution in [3.63, 3.8) is 0 Å². The van der Waals surface area contributed by atoms with Gasteiger partial charge in [-0.05, 0) is 64.5 Å². The average Bonchev–Trinajstić information content (AvgIpc) is 3.27. The lowest BCUT2D eigenvalue weighted by atomic mass is 9.94. The van der Waals surface area contributed by atoms with Crippen molar-refractivity contribution >= 4 is 5.91 Å². The molecule has 1 N–H and O–H groups in total. The van der Waals surface area contributed by atoms with E-state index in [-0.39, 0.29) is 5.91 Å². The van der Waals surface area contributed by atoms with Crippen LogP contribution in [0.4, 0.5) is 0 Å². The summed E-state index contributed by atoms with van der Waals surface area (Å²) in [5, 5.41) is 7.44. The Morgan fingerprint density at radius 1 is 1.24 bits per heavy atom. The van der Waals surface area contributed by atoms with Crippen LogP contribution in [0.25, 0.3) is 0 Å². The summed E-state index contributed by atoms with van der Waals surface area (Å²) in [4.78, 5) is 15.2. The highest BCUT2D eigenvalue weighted by Gasteiger charge is 2.30. The topological polar surface area (TPSA) is 53.9 Å². The van der Waals surface area contributed by atoms with Crippen molar-refractivity contribution in [1.82, 2.24) is 19.7 Å². The molecular formula is C20H28N4O. The number of hydrogen-bond donors (Lipinski definition) is 1. The number of aryl methyl sites for hydroxylation is 2. The lowest BCUT2D eigenvalue weighted by Gasteiger charge is -2.32. The number of carbonyl (C=O) groups is 1. The number of rotatable bonds is 4. The van der Waals surface area contributed by atoms with Gasteiger partial charge in [-0.25, -0.2) is 0 Å². The van der Waals surface area contributed by atoms with E-state index in [2.05, 4.69) is 40.7 Å². The predicted octanol–water partition coefficient (Wildman–Crippen LogP) is 3.57. The zero-order valence-electron chi connectivity index (χ0n) is 15.5. The van der Waals surface area contributed by atoms with Crippen LogP contribution in [0.1, 0.15) is 64.7 Å². The molecule has 25 heavy (non-hydrogen) atoms. The number of nitrogens with zero attached hydrogens (tertiary/aromatic N) is 3. The summed E-state index contributed by atoms with van der Waals surface area (Å²) in [6, 6.07) is 4.20. The van der Waals surface area contributed by atoms with E-state index in [4.69, 9.17) is 0 Å². The molecule has 1 aliphatic carbocycles. The second kappa shape index (κ2) is 6.36. The Bertz CT molecular complexity index is 784. The first-order chi connectivity index (χ1) is 12.0. The number of carbonyl (C=O) groups excluding carboxylic acids is 1. The fourth-order valence-corrected chi connectivity index (χ4v) is 4.08. The number of nitrogens with one attached hydrogen (secondary N) is 1. The van der Waals surface area contributed by atoms with Crippen LogP contribution in [-0.4, -0.2) is 38.7 Å². The van der Waals surface area contributed by atoms with Gasteiger partial charge in [-0.1, -0.05) is 0 Å². The second-order valence-electron chi connectivity index (χ2n) is 7.90. The molecule has 1 atom stereocenters. The summed E-state index contributed by atoms with van der Waals surface area (Å²) >= 11 is 0. The zero-order chi connectivity index (χ0) is 17.6. The van der Waals surface area contributed by atoms with Crippen LogP contribution in [0.3, 0.4) is 0 Å². The summed E-state index contributed by atoms with van der Waals surface area (Å²) in [6.07, 6.45) is 4.81. The SMILES string of the molecule is Cc1cc([C@@H]2CCCN(C(=O)c3cc(C)n(CC4CC4)c3C)C2)n[nH]1. The molecule has 3 heterocycles. The number of piperidine rings is 1. The first-order valence-electron chi connectivity index (χ1n) is 9.51. The highest BCUT2D eigenvalue weighted by Crippen LogP contribution is 2.33. The Hall–Kier alpha value is -2.04. The minimum Gasteiger partial charge on any atom is -0.348 e. The molecule has 5 nitrogen and oxygen atoms in total. The molecule has 0 aromatic carbocycles. The van der Waals surface area contributed by atoms with Crippen LogP contribution in [0, 0.1) is 26.7 Å². The van der Waals surface area contributed by atoms with E-state index < -0.39 is 0 Å². The van der Waals surface area contributed by atoms with Gasteiger partial charge in [0.05, 0.1) is 11.3 Å². The van der Waals surface area contributed by atoms with Gasteiger partial charge in [0.25, 0.3) is 5.91 Å². The molecule has 1 aliphatic heterocycles. The standard InChI is InChI=1S/C20H28N4O/c1-13-9-19(22-21-13)17-5-4-8-23(12-17)20(25)18-10-14(2)24(15(18)3)11-16-6-7-16/h9-10,16-17H,4-8,11-12H2,1-3H3,(H,21,22)/t17-/m1/s1. The minimum atomic E-state index is 0.187. The molecule has 134 valence electrons. The van der Waals surface area contributed by atoms with E-state index in [1.807, 2.05) is 11.8 Å². The molecule has 0 bridgehead atoms. The van der Waals surface area contributed by atoms with E-state index >= 15 is 0 Å². The maximum absolute atomic E-state index is 13.2. The van der Waals surface area contributed by atoms with E-state index in [9.17, 15) is 4.79 Å². The van der Waals surface area contributed by atoms with E-state index in [0.717, 1.165) is 61.0 Å². The Morgan fingerprint density at radius 2 is 2.04 bits per heavy atom. The molecule has 1 saturated heterocycles. The number of hydrogen-bond acceptors (Lipinski definition) is 2. The predicted molar refractivity (Wildman–Crippen MR) is 97.8 cm³/mol. The van der Waals surface area contributed by atoms with Crippen molar-refractivity contribution in [2.24, 2.45) is 5.92 Å². The van der Waals surface area contributed by atoms with Crippen LogP contribution >= 0.6 is 0 Å². The van der Waals surface area contributed by atoms with Crippen molar-refractivity contribution in [2.75, 3.05) is 13.1 Å². The Balaban J connectivity index is 1.52. The van der Waals surface area contributed by atoms with Gasteiger partial charge in [-0.15, -0.1) is 0 Å². The molecule has 5 heteroatoms. The first-order valence-corrected chi connectivity index (χ1v) is 9.51. The summed E-state index contributed by atoms with van der Waals surface area (Å²) in [6.45, 7) is 8.94. The van der Waals surface area contributed by atoms with E-state index in [1.165, 1.54) is 18.5 Å². The van der Waals surface area contributed by atoms with Crippen LogP contribution < -0.4 is 0 Å². The molecule has 1 amide bonds. The molecule has 4 rings (SSSR count). The maximum Gasteiger partial charge on any atom is 0.255 e. The van der Waals surface area contributed by atoms with Crippen molar-refractivity contribution < 1.29 is 4.79 Å². The largest absolute Gasteiger partial charge is 0.348 e. The Labute approximate surface area is 149 Å². The van der Waals surface area contributed by atoms with Crippen molar-refractivity contribution in [2.45, 2.75) is 58.9 Å². The molecule has 2 aliphatic rings. The quantitative estimate of drug-likeness (QED) is 0.925. The molecule has 0 radical (unpaired) electrons.